The van der Waals surface area contributed by atoms with Gasteiger partial charge in [-0.3, -0.25) is 9.78 Å². The summed E-state index contributed by atoms with van der Waals surface area (Å²) in [7, 11) is 1.49. The van der Waals surface area contributed by atoms with E-state index in [1.807, 2.05) is 0 Å². The van der Waals surface area contributed by atoms with Crippen molar-refractivity contribution in [3.05, 3.63) is 58.1 Å². The van der Waals surface area contributed by atoms with Gasteiger partial charge in [0.1, 0.15) is 11.6 Å². The molecule has 2 rings (SSSR count). The van der Waals surface area contributed by atoms with E-state index in [9.17, 15) is 9.18 Å². The van der Waals surface area contributed by atoms with Crippen LogP contribution in [0, 0.1) is 5.82 Å². The van der Waals surface area contributed by atoms with E-state index in [0.29, 0.717) is 15.8 Å². The van der Waals surface area contributed by atoms with Gasteiger partial charge in [0, 0.05) is 21.8 Å². The van der Waals surface area contributed by atoms with E-state index in [1.54, 1.807) is 12.1 Å². The largest absolute Gasteiger partial charge is 0.495 e. The first-order chi connectivity index (χ1) is 8.60. The molecule has 0 amide bonds. The highest BCUT2D eigenvalue weighted by Crippen LogP contribution is 2.19. The van der Waals surface area contributed by atoms with Gasteiger partial charge in [-0.05, 0) is 24.3 Å². The number of aromatic nitrogens is 1. The van der Waals surface area contributed by atoms with Gasteiger partial charge in [-0.1, -0.05) is 15.9 Å². The lowest BCUT2D eigenvalue weighted by molar-refractivity contribution is 0.103. The number of benzene rings is 1. The van der Waals surface area contributed by atoms with Crippen molar-refractivity contribution in [2.75, 3.05) is 7.11 Å². The van der Waals surface area contributed by atoms with Crippen molar-refractivity contribution in [1.82, 2.24) is 4.98 Å². The smallest absolute Gasteiger partial charge is 0.194 e. The molecule has 0 unspecified atom stereocenters. The molecular formula is C13H9BrFNO2. The molecule has 5 heteroatoms. The van der Waals surface area contributed by atoms with Crippen LogP contribution in [0.2, 0.25) is 0 Å². The van der Waals surface area contributed by atoms with E-state index < -0.39 is 5.82 Å². The minimum Gasteiger partial charge on any atom is -0.495 e. The monoisotopic (exact) mass is 309 g/mol. The summed E-state index contributed by atoms with van der Waals surface area (Å²) in [6.45, 7) is 0. The first kappa shape index (κ1) is 12.7. The van der Waals surface area contributed by atoms with Crippen LogP contribution in [-0.4, -0.2) is 17.9 Å². The van der Waals surface area contributed by atoms with Crippen LogP contribution < -0.4 is 4.74 Å². The van der Waals surface area contributed by atoms with E-state index in [-0.39, 0.29) is 11.3 Å². The molecule has 1 aromatic carbocycles. The number of ether oxygens (including phenoxy) is 1. The van der Waals surface area contributed by atoms with E-state index in [4.69, 9.17) is 4.74 Å². The molecule has 1 heterocycles. The van der Waals surface area contributed by atoms with Crippen LogP contribution in [0.15, 0.2) is 41.1 Å². The summed E-state index contributed by atoms with van der Waals surface area (Å²) in [5, 5.41) is 0. The Labute approximate surface area is 112 Å². The Hall–Kier alpha value is -1.75. The summed E-state index contributed by atoms with van der Waals surface area (Å²) in [6, 6.07) is 5.60. The minimum absolute atomic E-state index is 0.261. The number of nitrogens with zero attached hydrogens (tertiary/aromatic N) is 1. The molecule has 0 saturated heterocycles. The lowest BCUT2D eigenvalue weighted by Crippen LogP contribution is -2.03. The quantitative estimate of drug-likeness (QED) is 0.817. The summed E-state index contributed by atoms with van der Waals surface area (Å²) in [4.78, 5) is 16.0. The number of ketones is 1. The zero-order valence-corrected chi connectivity index (χ0v) is 11.1. The van der Waals surface area contributed by atoms with Crippen molar-refractivity contribution < 1.29 is 13.9 Å². The van der Waals surface area contributed by atoms with E-state index in [2.05, 4.69) is 20.9 Å². The maximum Gasteiger partial charge on any atom is 0.194 e. The number of carbonyl (C=O) groups is 1. The van der Waals surface area contributed by atoms with Crippen molar-refractivity contribution in [3.63, 3.8) is 0 Å². The second-order valence-electron chi connectivity index (χ2n) is 3.60. The molecule has 0 N–H and O–H groups in total. The van der Waals surface area contributed by atoms with Crippen LogP contribution in [-0.2, 0) is 0 Å². The second kappa shape index (κ2) is 5.27. The molecule has 0 spiro atoms. The summed E-state index contributed by atoms with van der Waals surface area (Å²) in [5.41, 5.74) is 0.615. The predicted molar refractivity (Wildman–Crippen MR) is 68.3 cm³/mol. The first-order valence-corrected chi connectivity index (χ1v) is 5.89. The van der Waals surface area contributed by atoms with Gasteiger partial charge in [0.2, 0.25) is 0 Å². The fraction of sp³-hybridized carbons (Fsp3) is 0.0769. The van der Waals surface area contributed by atoms with E-state index in [1.165, 1.54) is 31.6 Å². The fourth-order valence-electron chi connectivity index (χ4n) is 1.51. The highest BCUT2D eigenvalue weighted by Gasteiger charge is 2.12. The summed E-state index contributed by atoms with van der Waals surface area (Å²) < 4.78 is 18.7. The third-order valence-electron chi connectivity index (χ3n) is 2.34. The minimum atomic E-state index is -0.469. The third kappa shape index (κ3) is 2.73. The molecule has 18 heavy (non-hydrogen) atoms. The Morgan fingerprint density at radius 3 is 2.67 bits per heavy atom. The number of halogens is 2. The molecule has 0 saturated carbocycles. The van der Waals surface area contributed by atoms with Crippen LogP contribution in [0.3, 0.4) is 0 Å². The van der Waals surface area contributed by atoms with Crippen molar-refractivity contribution in [2.24, 2.45) is 0 Å². The number of hydrogen-bond acceptors (Lipinski definition) is 3. The van der Waals surface area contributed by atoms with Gasteiger partial charge in [0.05, 0.1) is 13.3 Å². The summed E-state index contributed by atoms with van der Waals surface area (Å²) >= 11 is 3.15. The highest BCUT2D eigenvalue weighted by atomic mass is 79.9. The van der Waals surface area contributed by atoms with Crippen LogP contribution in [0.4, 0.5) is 4.39 Å². The third-order valence-corrected chi connectivity index (χ3v) is 2.79. The fourth-order valence-corrected chi connectivity index (χ4v) is 1.97. The average molecular weight is 310 g/mol. The van der Waals surface area contributed by atoms with E-state index in [0.717, 1.165) is 0 Å². The molecule has 0 radical (unpaired) electrons. The molecule has 0 aliphatic rings. The van der Waals surface area contributed by atoms with Gasteiger partial charge in [-0.15, -0.1) is 0 Å². The number of rotatable bonds is 3. The Balaban J connectivity index is 2.41. The zero-order chi connectivity index (χ0) is 13.1. The SMILES string of the molecule is COc1cncc(C(=O)c2cc(F)cc(Br)c2)c1. The van der Waals surface area contributed by atoms with Gasteiger partial charge in [0.15, 0.2) is 5.78 Å². The number of methoxy groups -OCH3 is 1. The molecule has 0 fully saturated rings. The van der Waals surface area contributed by atoms with Crippen molar-refractivity contribution >= 4 is 21.7 Å². The molecule has 3 nitrogen and oxygen atoms in total. The molecule has 0 atom stereocenters. The number of pyridine rings is 1. The van der Waals surface area contributed by atoms with Crippen molar-refractivity contribution in [3.8, 4) is 5.75 Å². The van der Waals surface area contributed by atoms with Gasteiger partial charge in [-0.2, -0.15) is 0 Å². The molecule has 2 aromatic rings. The predicted octanol–water partition coefficient (Wildman–Crippen LogP) is 3.22. The van der Waals surface area contributed by atoms with Gasteiger partial charge >= 0.3 is 0 Å². The maximum atomic E-state index is 13.2. The molecule has 1 aromatic heterocycles. The van der Waals surface area contributed by atoms with Crippen LogP contribution in [0.5, 0.6) is 5.75 Å². The summed E-state index contributed by atoms with van der Waals surface area (Å²) in [6.07, 6.45) is 2.92. The first-order valence-electron chi connectivity index (χ1n) is 5.10. The second-order valence-corrected chi connectivity index (χ2v) is 4.52. The lowest BCUT2D eigenvalue weighted by Gasteiger charge is -2.04. The Morgan fingerprint density at radius 1 is 1.22 bits per heavy atom. The Kier molecular flexibility index (Phi) is 3.72. The van der Waals surface area contributed by atoms with E-state index >= 15 is 0 Å². The van der Waals surface area contributed by atoms with Gasteiger partial charge < -0.3 is 4.74 Å². The lowest BCUT2D eigenvalue weighted by atomic mass is 10.1. The van der Waals surface area contributed by atoms with Gasteiger partial charge in [-0.25, -0.2) is 4.39 Å². The molecule has 92 valence electrons. The topological polar surface area (TPSA) is 39.2 Å². The number of carbonyl (C=O) groups excluding carboxylic acids is 1. The Morgan fingerprint density at radius 2 is 2.00 bits per heavy atom. The maximum absolute atomic E-state index is 13.2. The normalized spacial score (nSPS) is 10.2. The molecule has 0 bridgehead atoms. The van der Waals surface area contributed by atoms with Crippen LogP contribution >= 0.6 is 15.9 Å². The van der Waals surface area contributed by atoms with Crippen molar-refractivity contribution in [1.29, 1.82) is 0 Å². The summed E-state index contributed by atoms with van der Waals surface area (Å²) in [5.74, 6) is -0.290. The highest BCUT2D eigenvalue weighted by molar-refractivity contribution is 9.10. The van der Waals surface area contributed by atoms with Gasteiger partial charge in [0.25, 0.3) is 0 Å². The van der Waals surface area contributed by atoms with Crippen LogP contribution in [0.1, 0.15) is 15.9 Å². The average Bonchev–Trinajstić information content (AvgIpc) is 2.37. The van der Waals surface area contributed by atoms with Crippen molar-refractivity contribution in [2.45, 2.75) is 0 Å². The number of hydrogen-bond donors (Lipinski definition) is 0. The molecular weight excluding hydrogens is 301 g/mol. The zero-order valence-electron chi connectivity index (χ0n) is 9.48. The van der Waals surface area contributed by atoms with Crippen LogP contribution in [0.25, 0.3) is 0 Å². The standard InChI is InChI=1S/C13H9BrFNO2/c1-18-12-4-9(6-16-7-12)13(17)8-2-10(14)5-11(15)3-8/h2-7H,1H3. The molecule has 0 aliphatic heterocycles. The molecule has 0 aliphatic carbocycles. The Bertz CT molecular complexity index is 581.